The third-order valence-electron chi connectivity index (χ3n) is 2.91. The van der Waals surface area contributed by atoms with Crippen molar-refractivity contribution in [3.05, 3.63) is 41.3 Å². The second-order valence-corrected chi connectivity index (χ2v) is 5.06. The van der Waals surface area contributed by atoms with Gasteiger partial charge in [-0.2, -0.15) is 4.98 Å². The van der Waals surface area contributed by atoms with Crippen LogP contribution in [0.25, 0.3) is 0 Å². The Morgan fingerprint density at radius 1 is 1.24 bits per heavy atom. The second kappa shape index (κ2) is 7.78. The molecule has 0 aliphatic carbocycles. The van der Waals surface area contributed by atoms with Gasteiger partial charge in [-0.3, -0.25) is 0 Å². The number of unbranched alkanes of at least 4 members (excludes halogenated alkanes) is 2. The van der Waals surface area contributed by atoms with E-state index >= 15 is 0 Å². The number of nitrogens with one attached hydrogen (secondary N) is 2. The van der Waals surface area contributed by atoms with Crippen LogP contribution in [-0.2, 0) is 0 Å². The molecule has 0 unspecified atom stereocenters. The van der Waals surface area contributed by atoms with Crippen LogP contribution in [0.15, 0.2) is 30.5 Å². The van der Waals surface area contributed by atoms with E-state index in [1.807, 2.05) is 0 Å². The molecule has 0 spiro atoms. The first-order valence-corrected chi connectivity index (χ1v) is 7.36. The molecule has 4 nitrogen and oxygen atoms in total. The molecule has 6 heteroatoms. The van der Waals surface area contributed by atoms with Crippen LogP contribution in [0.1, 0.15) is 26.2 Å². The van der Waals surface area contributed by atoms with Gasteiger partial charge in [0.2, 0.25) is 5.95 Å². The van der Waals surface area contributed by atoms with Crippen LogP contribution < -0.4 is 10.6 Å². The molecule has 1 heterocycles. The third kappa shape index (κ3) is 4.86. The van der Waals surface area contributed by atoms with Gasteiger partial charge in [0.25, 0.3) is 0 Å². The molecular weight excluding hydrogens is 291 g/mol. The van der Waals surface area contributed by atoms with Gasteiger partial charge in [-0.25, -0.2) is 9.37 Å². The van der Waals surface area contributed by atoms with E-state index in [4.69, 9.17) is 11.6 Å². The van der Waals surface area contributed by atoms with Crippen LogP contribution in [-0.4, -0.2) is 16.5 Å². The minimum atomic E-state index is -0.441. The zero-order valence-corrected chi connectivity index (χ0v) is 12.6. The van der Waals surface area contributed by atoms with Crippen molar-refractivity contribution >= 4 is 29.1 Å². The fourth-order valence-electron chi connectivity index (χ4n) is 1.81. The maximum Gasteiger partial charge on any atom is 0.224 e. The highest BCUT2D eigenvalue weighted by Crippen LogP contribution is 2.22. The molecule has 0 aliphatic heterocycles. The maximum absolute atomic E-state index is 13.1. The van der Waals surface area contributed by atoms with E-state index in [2.05, 4.69) is 27.5 Å². The van der Waals surface area contributed by atoms with E-state index in [-0.39, 0.29) is 5.02 Å². The van der Waals surface area contributed by atoms with Gasteiger partial charge < -0.3 is 10.6 Å². The summed E-state index contributed by atoms with van der Waals surface area (Å²) in [5.41, 5.74) is 0.678. The van der Waals surface area contributed by atoms with Crippen LogP contribution in [0, 0.1) is 5.82 Å². The van der Waals surface area contributed by atoms with Crippen molar-refractivity contribution in [1.82, 2.24) is 9.97 Å². The average Bonchev–Trinajstić information content (AvgIpc) is 2.48. The van der Waals surface area contributed by atoms with E-state index in [9.17, 15) is 4.39 Å². The summed E-state index contributed by atoms with van der Waals surface area (Å²) in [4.78, 5) is 8.51. The predicted octanol–water partition coefficient (Wildman–Crippen LogP) is 4.61. The summed E-state index contributed by atoms with van der Waals surface area (Å²) in [5, 5.41) is 6.33. The number of rotatable bonds is 7. The first kappa shape index (κ1) is 15.5. The Bertz CT molecular complexity index is 592. The van der Waals surface area contributed by atoms with Crippen molar-refractivity contribution in [2.24, 2.45) is 0 Å². The highest BCUT2D eigenvalue weighted by atomic mass is 35.5. The number of halogens is 2. The topological polar surface area (TPSA) is 49.8 Å². The van der Waals surface area contributed by atoms with Gasteiger partial charge in [0.15, 0.2) is 0 Å². The number of hydrogen-bond donors (Lipinski definition) is 2. The van der Waals surface area contributed by atoms with Crippen molar-refractivity contribution in [2.75, 3.05) is 17.2 Å². The van der Waals surface area contributed by atoms with E-state index in [1.165, 1.54) is 25.0 Å². The molecule has 2 N–H and O–H groups in total. The Morgan fingerprint density at radius 2 is 2.10 bits per heavy atom. The summed E-state index contributed by atoms with van der Waals surface area (Å²) in [6, 6.07) is 6.19. The Hall–Kier alpha value is -1.88. The molecule has 0 saturated carbocycles. The van der Waals surface area contributed by atoms with Gasteiger partial charge in [0, 0.05) is 18.4 Å². The SMILES string of the molecule is CCCCCNc1nccc(Nc2ccc(F)c(Cl)c2)n1. The molecule has 0 fully saturated rings. The van der Waals surface area contributed by atoms with Crippen molar-refractivity contribution in [3.63, 3.8) is 0 Å². The Morgan fingerprint density at radius 3 is 2.86 bits per heavy atom. The fourth-order valence-corrected chi connectivity index (χ4v) is 1.99. The zero-order chi connectivity index (χ0) is 15.1. The highest BCUT2D eigenvalue weighted by Gasteiger charge is 2.03. The maximum atomic E-state index is 13.1. The third-order valence-corrected chi connectivity index (χ3v) is 3.20. The second-order valence-electron chi connectivity index (χ2n) is 4.65. The Kier molecular flexibility index (Phi) is 5.75. The van der Waals surface area contributed by atoms with Crippen LogP contribution in [0.4, 0.5) is 21.8 Å². The molecule has 2 aromatic rings. The van der Waals surface area contributed by atoms with E-state index < -0.39 is 5.82 Å². The standard InChI is InChI=1S/C15H18ClFN4/c1-2-3-4-8-18-15-19-9-7-14(21-15)20-11-5-6-13(17)12(16)10-11/h5-7,9-10H,2-4,8H2,1H3,(H2,18,19,20,21). The first-order chi connectivity index (χ1) is 10.2. The molecule has 1 aromatic carbocycles. The Balaban J connectivity index is 1.98. The van der Waals surface area contributed by atoms with Gasteiger partial charge in [0.1, 0.15) is 11.6 Å². The van der Waals surface area contributed by atoms with Crippen LogP contribution in [0.5, 0.6) is 0 Å². The lowest BCUT2D eigenvalue weighted by atomic mass is 10.2. The largest absolute Gasteiger partial charge is 0.354 e. The molecule has 0 aliphatic rings. The summed E-state index contributed by atoms with van der Waals surface area (Å²) in [6.07, 6.45) is 5.11. The minimum Gasteiger partial charge on any atom is -0.354 e. The molecule has 0 radical (unpaired) electrons. The monoisotopic (exact) mass is 308 g/mol. The molecule has 0 saturated heterocycles. The lowest BCUT2D eigenvalue weighted by Crippen LogP contribution is -2.06. The fraction of sp³-hybridized carbons (Fsp3) is 0.333. The van der Waals surface area contributed by atoms with E-state index in [0.29, 0.717) is 17.5 Å². The lowest BCUT2D eigenvalue weighted by Gasteiger charge is -2.08. The van der Waals surface area contributed by atoms with Gasteiger partial charge in [-0.1, -0.05) is 31.4 Å². The van der Waals surface area contributed by atoms with E-state index in [0.717, 1.165) is 13.0 Å². The summed E-state index contributed by atoms with van der Waals surface area (Å²) in [6.45, 7) is 3.01. The number of benzene rings is 1. The van der Waals surface area contributed by atoms with Gasteiger partial charge in [0.05, 0.1) is 5.02 Å². The van der Waals surface area contributed by atoms with Gasteiger partial charge >= 0.3 is 0 Å². The van der Waals surface area contributed by atoms with Crippen molar-refractivity contribution in [2.45, 2.75) is 26.2 Å². The molecule has 1 aromatic heterocycles. The van der Waals surface area contributed by atoms with Crippen LogP contribution >= 0.6 is 11.6 Å². The lowest BCUT2D eigenvalue weighted by molar-refractivity contribution is 0.628. The quantitative estimate of drug-likeness (QED) is 0.733. The molecule has 21 heavy (non-hydrogen) atoms. The Labute approximate surface area is 128 Å². The van der Waals surface area contributed by atoms with Gasteiger partial charge in [-0.05, 0) is 30.7 Å². The molecule has 112 valence electrons. The zero-order valence-electron chi connectivity index (χ0n) is 11.9. The molecule has 2 rings (SSSR count). The van der Waals surface area contributed by atoms with Crippen molar-refractivity contribution in [3.8, 4) is 0 Å². The van der Waals surface area contributed by atoms with Crippen molar-refractivity contribution in [1.29, 1.82) is 0 Å². The molecule has 0 bridgehead atoms. The first-order valence-electron chi connectivity index (χ1n) is 6.98. The summed E-state index contributed by atoms with van der Waals surface area (Å²) >= 11 is 5.75. The van der Waals surface area contributed by atoms with Gasteiger partial charge in [-0.15, -0.1) is 0 Å². The number of aromatic nitrogens is 2. The highest BCUT2D eigenvalue weighted by molar-refractivity contribution is 6.31. The molecule has 0 atom stereocenters. The van der Waals surface area contributed by atoms with Crippen LogP contribution in [0.2, 0.25) is 5.02 Å². The average molecular weight is 309 g/mol. The van der Waals surface area contributed by atoms with Crippen molar-refractivity contribution < 1.29 is 4.39 Å². The summed E-state index contributed by atoms with van der Waals surface area (Å²) < 4.78 is 13.1. The minimum absolute atomic E-state index is 0.0759. The number of anilines is 3. The molecule has 0 amide bonds. The smallest absolute Gasteiger partial charge is 0.224 e. The normalized spacial score (nSPS) is 10.4. The predicted molar refractivity (Wildman–Crippen MR) is 84.7 cm³/mol. The summed E-state index contributed by atoms with van der Waals surface area (Å²) in [5.74, 6) is 0.762. The van der Waals surface area contributed by atoms with E-state index in [1.54, 1.807) is 18.3 Å². The number of hydrogen-bond acceptors (Lipinski definition) is 4. The van der Waals surface area contributed by atoms with Crippen LogP contribution in [0.3, 0.4) is 0 Å². The number of nitrogens with zero attached hydrogens (tertiary/aromatic N) is 2. The molecular formula is C15H18ClFN4. The summed E-state index contributed by atoms with van der Waals surface area (Å²) in [7, 11) is 0.